The SMILES string of the molecule is [O-]P(O)(O)=[S+]c1cc(Cl)c(Cl)cc1Cl. The average molecular weight is 293 g/mol. The van der Waals surface area contributed by atoms with Gasteiger partial charge in [-0.25, -0.2) is 0 Å². The Kier molecular flexibility index (Phi) is 4.21. The molecule has 1 rings (SSSR count). The normalized spacial score (nSPS) is 11.6. The molecule has 1 aromatic rings. The lowest BCUT2D eigenvalue weighted by Gasteiger charge is -2.02. The summed E-state index contributed by atoms with van der Waals surface area (Å²) in [5, 5.41) is 0.603. The smallest absolute Gasteiger partial charge is 0.321 e. The predicted octanol–water partition coefficient (Wildman–Crippen LogP) is 2.11. The average Bonchev–Trinajstić information content (AvgIpc) is 1.97. The molecule has 0 bridgehead atoms. The van der Waals surface area contributed by atoms with E-state index in [1.165, 1.54) is 12.1 Å². The molecule has 8 heteroatoms. The molecule has 0 aliphatic rings. The molecule has 14 heavy (non-hydrogen) atoms. The largest absolute Gasteiger partial charge is 0.742 e. The van der Waals surface area contributed by atoms with Crippen LogP contribution >= 0.6 is 41.5 Å². The Hall–Kier alpha value is 0.620. The van der Waals surface area contributed by atoms with E-state index in [1.807, 2.05) is 0 Å². The molecular formula is C6H4Cl3O3PS. The van der Waals surface area contributed by atoms with Crippen molar-refractivity contribution in [2.45, 2.75) is 4.90 Å². The van der Waals surface area contributed by atoms with Gasteiger partial charge in [-0.3, -0.25) is 0 Å². The van der Waals surface area contributed by atoms with Gasteiger partial charge >= 0.3 is 6.72 Å². The summed E-state index contributed by atoms with van der Waals surface area (Å²) in [6, 6.07) is 2.65. The highest BCUT2D eigenvalue weighted by molar-refractivity contribution is 8.16. The van der Waals surface area contributed by atoms with Crippen LogP contribution in [0.25, 0.3) is 0 Å². The van der Waals surface area contributed by atoms with Crippen molar-refractivity contribution in [2.75, 3.05) is 0 Å². The van der Waals surface area contributed by atoms with Crippen molar-refractivity contribution < 1.29 is 14.7 Å². The fourth-order valence-corrected chi connectivity index (χ4v) is 3.39. The molecule has 0 radical (unpaired) electrons. The van der Waals surface area contributed by atoms with Gasteiger partial charge in [-0.05, 0) is 6.07 Å². The summed E-state index contributed by atoms with van der Waals surface area (Å²) in [5.41, 5.74) is 0. The van der Waals surface area contributed by atoms with Crippen molar-refractivity contribution in [1.82, 2.24) is 0 Å². The molecule has 0 saturated heterocycles. The summed E-state index contributed by atoms with van der Waals surface area (Å²) in [5.74, 6) is 0. The number of hydrogen-bond donors (Lipinski definition) is 2. The Morgan fingerprint density at radius 2 is 1.57 bits per heavy atom. The number of hydrogen-bond acceptors (Lipinski definition) is 1. The second-order valence-electron chi connectivity index (χ2n) is 2.28. The second kappa shape index (κ2) is 4.64. The van der Waals surface area contributed by atoms with Crippen molar-refractivity contribution in [3.8, 4) is 0 Å². The molecule has 0 aromatic heterocycles. The Morgan fingerprint density at radius 3 is 2.07 bits per heavy atom. The van der Waals surface area contributed by atoms with E-state index in [2.05, 4.69) is 0 Å². The Bertz CT molecular complexity index is 409. The van der Waals surface area contributed by atoms with E-state index in [1.54, 1.807) is 0 Å². The van der Waals surface area contributed by atoms with Gasteiger partial charge in [0.05, 0.1) is 10.0 Å². The molecule has 1 aromatic carbocycles. The molecule has 0 heterocycles. The lowest BCUT2D eigenvalue weighted by molar-refractivity contribution is -0.196. The van der Waals surface area contributed by atoms with Crippen LogP contribution in [0.4, 0.5) is 0 Å². The van der Waals surface area contributed by atoms with Crippen molar-refractivity contribution in [1.29, 1.82) is 0 Å². The molecular weight excluding hydrogens is 289 g/mol. The highest BCUT2D eigenvalue weighted by Crippen LogP contribution is 2.34. The molecule has 0 aliphatic heterocycles. The van der Waals surface area contributed by atoms with Gasteiger partial charge in [0.1, 0.15) is 5.02 Å². The van der Waals surface area contributed by atoms with Crippen molar-refractivity contribution in [3.63, 3.8) is 0 Å². The van der Waals surface area contributed by atoms with Crippen LogP contribution in [-0.4, -0.2) is 9.79 Å². The third-order valence-electron chi connectivity index (χ3n) is 1.19. The van der Waals surface area contributed by atoms with Crippen LogP contribution in [0, 0.1) is 0 Å². The summed E-state index contributed by atoms with van der Waals surface area (Å²) in [4.78, 5) is 28.3. The van der Waals surface area contributed by atoms with Crippen LogP contribution in [0.3, 0.4) is 0 Å². The quantitative estimate of drug-likeness (QED) is 0.473. The zero-order valence-electron chi connectivity index (χ0n) is 6.45. The van der Waals surface area contributed by atoms with Crippen molar-refractivity contribution in [2.24, 2.45) is 0 Å². The Labute approximate surface area is 99.1 Å². The van der Waals surface area contributed by atoms with Crippen molar-refractivity contribution in [3.05, 3.63) is 27.2 Å². The van der Waals surface area contributed by atoms with Gasteiger partial charge in [-0.1, -0.05) is 34.8 Å². The fourth-order valence-electron chi connectivity index (χ4n) is 0.702. The summed E-state index contributed by atoms with van der Waals surface area (Å²) in [6.45, 7) is -4.22. The second-order valence-corrected chi connectivity index (χ2v) is 7.08. The molecule has 0 unspecified atom stereocenters. The van der Waals surface area contributed by atoms with Crippen LogP contribution in [0.5, 0.6) is 0 Å². The third kappa shape index (κ3) is 3.65. The van der Waals surface area contributed by atoms with Gasteiger partial charge in [0.15, 0.2) is 0 Å². The van der Waals surface area contributed by atoms with E-state index in [0.717, 1.165) is 0 Å². The predicted molar refractivity (Wildman–Crippen MR) is 58.5 cm³/mol. The minimum Gasteiger partial charge on any atom is -0.742 e. The number of halogens is 3. The molecule has 0 aliphatic carbocycles. The zero-order chi connectivity index (χ0) is 10.9. The molecule has 2 N–H and O–H groups in total. The number of rotatable bonds is 1. The minimum atomic E-state index is -4.22. The van der Waals surface area contributed by atoms with E-state index in [4.69, 9.17) is 44.6 Å². The van der Waals surface area contributed by atoms with E-state index < -0.39 is 6.72 Å². The molecule has 0 spiro atoms. The Balaban J connectivity index is 3.31. The lowest BCUT2D eigenvalue weighted by atomic mass is 10.4. The monoisotopic (exact) mass is 292 g/mol. The standard InChI is InChI=1S/C6H4Cl3O3PS/c7-3-1-5(9)6(2-4(3)8)14-13(10,11)12/h1-2H,(H2-,10,11,12). The number of benzene rings is 1. The minimum absolute atomic E-state index is 0.160. The lowest BCUT2D eigenvalue weighted by Crippen LogP contribution is -1.99. The molecule has 0 saturated carbocycles. The van der Waals surface area contributed by atoms with Crippen LogP contribution < -0.4 is 4.89 Å². The van der Waals surface area contributed by atoms with Crippen LogP contribution in [0.1, 0.15) is 0 Å². The maximum absolute atomic E-state index is 10.7. The molecule has 3 nitrogen and oxygen atoms in total. The van der Waals surface area contributed by atoms with Gasteiger partial charge in [0, 0.05) is 6.07 Å². The zero-order valence-corrected chi connectivity index (χ0v) is 10.4. The van der Waals surface area contributed by atoms with E-state index in [9.17, 15) is 4.89 Å². The first-order chi connectivity index (χ1) is 6.29. The first-order valence-corrected chi connectivity index (χ1v) is 7.36. The molecule has 0 fully saturated rings. The van der Waals surface area contributed by atoms with E-state index >= 15 is 0 Å². The van der Waals surface area contributed by atoms with Gasteiger partial charge < -0.3 is 14.7 Å². The van der Waals surface area contributed by atoms with Gasteiger partial charge in [-0.15, -0.1) is 0 Å². The highest BCUT2D eigenvalue weighted by atomic mass is 35.5. The summed E-state index contributed by atoms with van der Waals surface area (Å²) in [6.07, 6.45) is 0. The molecule has 78 valence electrons. The molecule has 0 atom stereocenters. The fraction of sp³-hybridized carbons (Fsp3) is 0. The van der Waals surface area contributed by atoms with Crippen LogP contribution in [0.15, 0.2) is 17.0 Å². The van der Waals surface area contributed by atoms with Crippen LogP contribution in [0.2, 0.25) is 15.1 Å². The van der Waals surface area contributed by atoms with Gasteiger partial charge in [0.2, 0.25) is 15.8 Å². The third-order valence-corrected chi connectivity index (χ3v) is 4.41. The summed E-state index contributed by atoms with van der Waals surface area (Å²) >= 11 is 17.0. The summed E-state index contributed by atoms with van der Waals surface area (Å²) < 4.78 is 0. The van der Waals surface area contributed by atoms with Gasteiger partial charge in [0.25, 0.3) is 0 Å². The molecule has 0 amide bonds. The first kappa shape index (κ1) is 12.7. The maximum Gasteiger partial charge on any atom is 0.321 e. The maximum atomic E-state index is 10.7. The Morgan fingerprint density at radius 1 is 1.07 bits per heavy atom. The summed E-state index contributed by atoms with van der Waals surface area (Å²) in [7, 11) is 0.342. The van der Waals surface area contributed by atoms with E-state index in [-0.39, 0.29) is 20.0 Å². The highest BCUT2D eigenvalue weighted by Gasteiger charge is 2.17. The van der Waals surface area contributed by atoms with Crippen LogP contribution in [-0.2, 0) is 10.9 Å². The van der Waals surface area contributed by atoms with E-state index in [0.29, 0.717) is 10.9 Å². The topological polar surface area (TPSA) is 63.5 Å². The van der Waals surface area contributed by atoms with Crippen molar-refractivity contribution >= 4 is 52.5 Å². The van der Waals surface area contributed by atoms with Gasteiger partial charge in [-0.2, -0.15) is 0 Å². The first-order valence-electron chi connectivity index (χ1n) is 3.19.